The fraction of sp³-hybridized carbons (Fsp3) is 0.217. The van der Waals surface area contributed by atoms with Crippen molar-refractivity contribution in [3.05, 3.63) is 76.7 Å². The Labute approximate surface area is 188 Å². The Kier molecular flexibility index (Phi) is 5.40. The zero-order chi connectivity index (χ0) is 22.1. The molecule has 1 amide bonds. The van der Waals surface area contributed by atoms with Crippen molar-refractivity contribution < 1.29 is 9.53 Å². The summed E-state index contributed by atoms with van der Waals surface area (Å²) in [6.07, 6.45) is 1.75. The van der Waals surface area contributed by atoms with Gasteiger partial charge in [0.15, 0.2) is 10.8 Å². The average molecular weight is 448 g/mol. The van der Waals surface area contributed by atoms with Crippen LogP contribution in [0.25, 0.3) is 16.7 Å². The van der Waals surface area contributed by atoms with E-state index >= 15 is 0 Å². The smallest absolute Gasteiger partial charge is 0.265 e. The van der Waals surface area contributed by atoms with Crippen molar-refractivity contribution in [1.29, 1.82) is 0 Å². The van der Waals surface area contributed by atoms with Crippen LogP contribution in [0.5, 0.6) is 5.75 Å². The predicted octanol–water partition coefficient (Wildman–Crippen LogP) is 2.94. The molecule has 1 N–H and O–H groups in total. The Balaban J connectivity index is 1.37. The molecule has 0 saturated carbocycles. The number of carbonyl (C=O) groups is 1. The first-order valence-corrected chi connectivity index (χ1v) is 11.2. The monoisotopic (exact) mass is 447 g/mol. The number of aromatic nitrogens is 4. The number of nitrogens with one attached hydrogen (secondary N) is 1. The maximum atomic E-state index is 13.2. The van der Waals surface area contributed by atoms with Crippen molar-refractivity contribution in [2.75, 3.05) is 12.9 Å². The van der Waals surface area contributed by atoms with Gasteiger partial charge in [0, 0.05) is 24.3 Å². The molecule has 0 spiro atoms. The number of thioether (sulfide) groups is 1. The van der Waals surface area contributed by atoms with Crippen molar-refractivity contribution in [3.63, 3.8) is 0 Å². The largest absolute Gasteiger partial charge is 0.496 e. The minimum Gasteiger partial charge on any atom is -0.496 e. The standard InChI is InChI=1S/C23H21N5O3S/c1-31-19-10-6-5-7-15(19)12-24-20(29)11-17-14-32-23-26-21-18(22(30)27(17)23)13-25-28(21)16-8-3-2-4-9-16/h2-10,13,17H,11-12,14H2,1H3,(H,24,29)/t17-/m1/s1. The predicted molar refractivity (Wildman–Crippen MR) is 122 cm³/mol. The number of fused-ring (bicyclic) bond motifs is 2. The van der Waals surface area contributed by atoms with E-state index in [9.17, 15) is 9.59 Å². The summed E-state index contributed by atoms with van der Waals surface area (Å²) < 4.78 is 8.64. The van der Waals surface area contributed by atoms with E-state index in [0.717, 1.165) is 17.0 Å². The van der Waals surface area contributed by atoms with Gasteiger partial charge < -0.3 is 10.1 Å². The summed E-state index contributed by atoms with van der Waals surface area (Å²) in [6, 6.07) is 16.9. The summed E-state index contributed by atoms with van der Waals surface area (Å²) in [5.41, 5.74) is 2.11. The molecule has 8 nitrogen and oxygen atoms in total. The Morgan fingerprint density at radius 1 is 1.19 bits per heavy atom. The summed E-state index contributed by atoms with van der Waals surface area (Å²) in [4.78, 5) is 30.6. The summed E-state index contributed by atoms with van der Waals surface area (Å²) >= 11 is 1.49. The number of benzene rings is 2. The molecular weight excluding hydrogens is 426 g/mol. The third-order valence-corrected chi connectivity index (χ3v) is 6.56. The number of para-hydroxylation sites is 2. The Morgan fingerprint density at radius 2 is 1.97 bits per heavy atom. The number of rotatable bonds is 6. The second-order valence-electron chi connectivity index (χ2n) is 7.46. The molecule has 0 unspecified atom stereocenters. The van der Waals surface area contributed by atoms with Crippen LogP contribution in [0.15, 0.2) is 70.7 Å². The summed E-state index contributed by atoms with van der Waals surface area (Å²) in [5.74, 6) is 1.23. The third-order valence-electron chi connectivity index (χ3n) is 5.46. The van der Waals surface area contributed by atoms with E-state index < -0.39 is 0 Å². The summed E-state index contributed by atoms with van der Waals surface area (Å²) in [7, 11) is 1.60. The lowest BCUT2D eigenvalue weighted by molar-refractivity contribution is -0.121. The van der Waals surface area contributed by atoms with Gasteiger partial charge in [-0.25, -0.2) is 9.67 Å². The lowest BCUT2D eigenvalue weighted by atomic mass is 10.2. The molecule has 162 valence electrons. The van der Waals surface area contributed by atoms with Gasteiger partial charge in [-0.05, 0) is 18.2 Å². The van der Waals surface area contributed by atoms with E-state index in [4.69, 9.17) is 9.72 Å². The SMILES string of the molecule is COc1ccccc1CNC(=O)C[C@@H]1CSc2nc3c(cnn3-c3ccccc3)c(=O)n21. The van der Waals surface area contributed by atoms with Crippen LogP contribution < -0.4 is 15.6 Å². The van der Waals surface area contributed by atoms with Gasteiger partial charge in [-0.2, -0.15) is 5.10 Å². The molecule has 9 heteroatoms. The summed E-state index contributed by atoms with van der Waals surface area (Å²) in [5, 5.41) is 8.36. The molecule has 1 aliphatic heterocycles. The van der Waals surface area contributed by atoms with Gasteiger partial charge in [-0.15, -0.1) is 0 Å². The molecule has 1 aliphatic rings. The molecule has 0 fully saturated rings. The Bertz CT molecular complexity index is 1350. The zero-order valence-corrected chi connectivity index (χ0v) is 18.2. The van der Waals surface area contributed by atoms with Crippen LogP contribution in [0.4, 0.5) is 0 Å². The minimum atomic E-state index is -0.253. The molecule has 0 bridgehead atoms. The maximum absolute atomic E-state index is 13.2. The van der Waals surface area contributed by atoms with E-state index in [-0.39, 0.29) is 23.9 Å². The van der Waals surface area contributed by atoms with Crippen molar-refractivity contribution >= 4 is 28.7 Å². The number of methoxy groups -OCH3 is 1. The first kappa shape index (κ1) is 20.3. The quantitative estimate of drug-likeness (QED) is 0.457. The average Bonchev–Trinajstić information content (AvgIpc) is 3.43. The molecule has 5 rings (SSSR count). The van der Waals surface area contributed by atoms with Crippen LogP contribution in [0.3, 0.4) is 0 Å². The van der Waals surface area contributed by atoms with Crippen molar-refractivity contribution in [3.8, 4) is 11.4 Å². The van der Waals surface area contributed by atoms with Gasteiger partial charge in [0.05, 0.1) is 25.0 Å². The lowest BCUT2D eigenvalue weighted by Crippen LogP contribution is -2.30. The van der Waals surface area contributed by atoms with Gasteiger partial charge in [0.2, 0.25) is 5.91 Å². The highest BCUT2D eigenvalue weighted by molar-refractivity contribution is 7.99. The first-order valence-electron chi connectivity index (χ1n) is 10.2. The van der Waals surface area contributed by atoms with E-state index in [0.29, 0.717) is 28.5 Å². The van der Waals surface area contributed by atoms with Crippen LogP contribution >= 0.6 is 11.8 Å². The highest BCUT2D eigenvalue weighted by atomic mass is 32.2. The van der Waals surface area contributed by atoms with Gasteiger partial charge in [-0.3, -0.25) is 14.2 Å². The van der Waals surface area contributed by atoms with Crippen molar-refractivity contribution in [1.82, 2.24) is 24.6 Å². The number of amides is 1. The molecule has 32 heavy (non-hydrogen) atoms. The Morgan fingerprint density at radius 3 is 2.78 bits per heavy atom. The van der Waals surface area contributed by atoms with E-state index in [1.807, 2.05) is 54.6 Å². The van der Waals surface area contributed by atoms with E-state index in [2.05, 4.69) is 10.4 Å². The number of hydrogen-bond acceptors (Lipinski definition) is 6. The van der Waals surface area contributed by atoms with Crippen LogP contribution in [0, 0.1) is 0 Å². The third kappa shape index (κ3) is 3.64. The zero-order valence-electron chi connectivity index (χ0n) is 17.4. The Hall–Kier alpha value is -3.59. The van der Waals surface area contributed by atoms with Gasteiger partial charge >= 0.3 is 0 Å². The van der Waals surface area contributed by atoms with Crippen LogP contribution in [0.2, 0.25) is 0 Å². The molecule has 0 radical (unpaired) electrons. The van der Waals surface area contributed by atoms with Crippen molar-refractivity contribution in [2.45, 2.75) is 24.2 Å². The van der Waals surface area contributed by atoms with Crippen LogP contribution in [-0.2, 0) is 11.3 Å². The molecule has 3 heterocycles. The molecule has 0 aliphatic carbocycles. The van der Waals surface area contributed by atoms with Gasteiger partial charge in [0.25, 0.3) is 5.56 Å². The van der Waals surface area contributed by atoms with E-state index in [1.54, 1.807) is 22.6 Å². The van der Waals surface area contributed by atoms with Gasteiger partial charge in [0.1, 0.15) is 11.1 Å². The number of ether oxygens (including phenoxy) is 1. The topological polar surface area (TPSA) is 91.0 Å². The fourth-order valence-electron chi connectivity index (χ4n) is 3.87. The highest BCUT2D eigenvalue weighted by Crippen LogP contribution is 2.33. The first-order chi connectivity index (χ1) is 15.7. The highest BCUT2D eigenvalue weighted by Gasteiger charge is 2.29. The molecule has 0 saturated heterocycles. The van der Waals surface area contributed by atoms with Crippen LogP contribution in [0.1, 0.15) is 18.0 Å². The number of nitrogens with zero attached hydrogens (tertiary/aromatic N) is 4. The lowest BCUT2D eigenvalue weighted by Gasteiger charge is -2.14. The molecule has 4 aromatic rings. The minimum absolute atomic E-state index is 0.124. The number of hydrogen-bond donors (Lipinski definition) is 1. The molecular formula is C23H21N5O3S. The maximum Gasteiger partial charge on any atom is 0.265 e. The van der Waals surface area contributed by atoms with Gasteiger partial charge in [-0.1, -0.05) is 48.2 Å². The van der Waals surface area contributed by atoms with Crippen molar-refractivity contribution in [2.24, 2.45) is 0 Å². The fourth-order valence-corrected chi connectivity index (χ4v) is 5.00. The number of carbonyl (C=O) groups excluding carboxylic acids is 1. The normalized spacial score (nSPS) is 15.0. The second-order valence-corrected chi connectivity index (χ2v) is 8.44. The molecule has 2 aromatic heterocycles. The summed E-state index contributed by atoms with van der Waals surface area (Å²) in [6.45, 7) is 0.367. The molecule has 1 atom stereocenters. The second kappa shape index (κ2) is 8.51. The van der Waals surface area contributed by atoms with Crippen LogP contribution in [-0.4, -0.2) is 38.1 Å². The molecule has 2 aromatic carbocycles. The van der Waals surface area contributed by atoms with E-state index in [1.165, 1.54) is 11.8 Å².